The summed E-state index contributed by atoms with van der Waals surface area (Å²) >= 11 is 0. The Balaban J connectivity index is 1.57. The van der Waals surface area contributed by atoms with E-state index in [2.05, 4.69) is 9.97 Å². The Morgan fingerprint density at radius 2 is 1.90 bits per heavy atom. The topological polar surface area (TPSA) is 45.8 Å². The molecule has 1 heterocycles. The Labute approximate surface area is 120 Å². The molecule has 1 N–H and O–H groups in total. The molecule has 21 heavy (non-hydrogen) atoms. The van der Waals surface area contributed by atoms with E-state index in [1.165, 1.54) is 12.1 Å². The van der Waals surface area contributed by atoms with Gasteiger partial charge in [-0.15, -0.1) is 0 Å². The molecule has 3 nitrogen and oxygen atoms in total. The molecule has 2 aromatic carbocycles. The largest absolute Gasteiger partial charge is 0.335 e. The quantitative estimate of drug-likeness (QED) is 0.744. The van der Waals surface area contributed by atoms with Crippen LogP contribution in [0, 0.1) is 11.7 Å². The van der Waals surface area contributed by atoms with E-state index in [4.69, 9.17) is 0 Å². The number of hydrogen-bond acceptors (Lipinski definition) is 2. The van der Waals surface area contributed by atoms with Crippen molar-refractivity contribution in [1.29, 1.82) is 0 Å². The lowest BCUT2D eigenvalue weighted by atomic mass is 10.1. The van der Waals surface area contributed by atoms with E-state index < -0.39 is 0 Å². The summed E-state index contributed by atoms with van der Waals surface area (Å²) in [5.74, 6) is 0.355. The van der Waals surface area contributed by atoms with Crippen LogP contribution in [-0.2, 0) is 0 Å². The lowest BCUT2D eigenvalue weighted by Crippen LogP contribution is -2.05. The minimum Gasteiger partial charge on any atom is -0.335 e. The number of para-hydroxylation sites is 2. The molecule has 3 aromatic rings. The van der Waals surface area contributed by atoms with Crippen LogP contribution in [0.15, 0.2) is 48.5 Å². The number of imidazole rings is 1. The van der Waals surface area contributed by atoms with E-state index in [0.717, 1.165) is 23.0 Å². The van der Waals surface area contributed by atoms with Gasteiger partial charge in [0.25, 0.3) is 0 Å². The molecule has 2 atom stereocenters. The zero-order chi connectivity index (χ0) is 14.4. The van der Waals surface area contributed by atoms with E-state index in [1.54, 1.807) is 12.1 Å². The second-order valence-electron chi connectivity index (χ2n) is 5.47. The molecule has 1 aliphatic rings. The summed E-state index contributed by atoms with van der Waals surface area (Å²) < 4.78 is 12.9. The van der Waals surface area contributed by atoms with Gasteiger partial charge in [0, 0.05) is 5.92 Å². The number of aromatic nitrogens is 2. The first kappa shape index (κ1) is 12.3. The molecular formula is C17H13FN2O. The molecule has 104 valence electrons. The molecule has 0 radical (unpaired) electrons. The van der Waals surface area contributed by atoms with E-state index >= 15 is 0 Å². The number of carbonyl (C=O) groups excluding carboxylic acids is 1. The second-order valence-corrected chi connectivity index (χ2v) is 5.47. The van der Waals surface area contributed by atoms with Crippen LogP contribution in [0.5, 0.6) is 0 Å². The maximum atomic E-state index is 12.9. The highest BCUT2D eigenvalue weighted by Gasteiger charge is 2.45. The van der Waals surface area contributed by atoms with Crippen molar-refractivity contribution in [2.45, 2.75) is 12.3 Å². The number of carbonyl (C=O) groups is 1. The summed E-state index contributed by atoms with van der Waals surface area (Å²) in [5, 5.41) is 0. The molecular weight excluding hydrogens is 267 g/mol. The number of aromatic amines is 1. The fourth-order valence-corrected chi connectivity index (χ4v) is 2.81. The summed E-state index contributed by atoms with van der Waals surface area (Å²) in [4.78, 5) is 19.9. The Hall–Kier alpha value is -2.49. The number of nitrogens with one attached hydrogen (secondary N) is 1. The van der Waals surface area contributed by atoms with Crippen molar-refractivity contribution in [2.75, 3.05) is 0 Å². The van der Waals surface area contributed by atoms with Crippen LogP contribution < -0.4 is 0 Å². The van der Waals surface area contributed by atoms with Crippen molar-refractivity contribution in [1.82, 2.24) is 9.97 Å². The first-order chi connectivity index (χ1) is 10.2. The van der Waals surface area contributed by atoms with Gasteiger partial charge in [0.1, 0.15) is 5.82 Å². The number of nitrogens with zero attached hydrogens (tertiary/aromatic N) is 1. The maximum absolute atomic E-state index is 12.9. The number of rotatable bonds is 3. The van der Waals surface area contributed by atoms with E-state index in [-0.39, 0.29) is 23.4 Å². The Morgan fingerprint density at radius 3 is 2.67 bits per heavy atom. The van der Waals surface area contributed by atoms with Crippen LogP contribution in [0.4, 0.5) is 4.39 Å². The smallest absolute Gasteiger partial charge is 0.201 e. The Bertz CT molecular complexity index is 789. The maximum Gasteiger partial charge on any atom is 0.201 e. The van der Waals surface area contributed by atoms with E-state index in [0.29, 0.717) is 5.82 Å². The van der Waals surface area contributed by atoms with Gasteiger partial charge in [-0.05, 0) is 42.2 Å². The first-order valence-corrected chi connectivity index (χ1v) is 6.97. The molecule has 1 saturated carbocycles. The van der Waals surface area contributed by atoms with Crippen molar-refractivity contribution < 1.29 is 9.18 Å². The molecule has 0 saturated heterocycles. The zero-order valence-corrected chi connectivity index (χ0v) is 11.2. The summed E-state index contributed by atoms with van der Waals surface area (Å²) in [7, 11) is 0. The standard InChI is InChI=1S/C17H13FN2O/c18-11-7-5-10(6-8-11)12-9-13(12)16(21)17-19-14-3-1-2-4-15(14)20-17/h1-8,12-13H,9H2,(H,19,20). The number of H-pyrrole nitrogens is 1. The van der Waals surface area contributed by atoms with Crippen molar-refractivity contribution >= 4 is 16.8 Å². The summed E-state index contributed by atoms with van der Waals surface area (Å²) in [6.07, 6.45) is 0.807. The van der Waals surface area contributed by atoms with Crippen molar-refractivity contribution in [3.63, 3.8) is 0 Å². The first-order valence-electron chi connectivity index (χ1n) is 6.97. The highest BCUT2D eigenvalue weighted by molar-refractivity contribution is 5.99. The summed E-state index contributed by atoms with van der Waals surface area (Å²) in [6, 6.07) is 14.0. The van der Waals surface area contributed by atoms with Crippen LogP contribution in [0.3, 0.4) is 0 Å². The normalized spacial score (nSPS) is 20.6. The van der Waals surface area contributed by atoms with Gasteiger partial charge in [0.2, 0.25) is 5.78 Å². The number of hydrogen-bond donors (Lipinski definition) is 1. The van der Waals surface area contributed by atoms with Crippen LogP contribution in [0.2, 0.25) is 0 Å². The van der Waals surface area contributed by atoms with Gasteiger partial charge >= 0.3 is 0 Å². The third kappa shape index (κ3) is 2.13. The summed E-state index contributed by atoms with van der Waals surface area (Å²) in [5.41, 5.74) is 2.70. The Morgan fingerprint density at radius 1 is 1.14 bits per heavy atom. The van der Waals surface area contributed by atoms with Gasteiger partial charge in [0.05, 0.1) is 11.0 Å². The van der Waals surface area contributed by atoms with Gasteiger partial charge in [-0.25, -0.2) is 9.37 Å². The van der Waals surface area contributed by atoms with E-state index in [1.807, 2.05) is 24.3 Å². The molecule has 0 amide bonds. The number of ketones is 1. The predicted octanol–water partition coefficient (Wildman–Crippen LogP) is 3.69. The van der Waals surface area contributed by atoms with Crippen molar-refractivity contribution in [3.8, 4) is 0 Å². The molecule has 0 bridgehead atoms. The third-order valence-corrected chi connectivity index (χ3v) is 4.05. The lowest BCUT2D eigenvalue weighted by molar-refractivity contribution is 0.0956. The molecule has 1 fully saturated rings. The van der Waals surface area contributed by atoms with Gasteiger partial charge in [0.15, 0.2) is 5.82 Å². The monoisotopic (exact) mass is 280 g/mol. The highest BCUT2D eigenvalue weighted by atomic mass is 19.1. The molecule has 0 aliphatic heterocycles. The average Bonchev–Trinajstić information content (AvgIpc) is 3.18. The SMILES string of the molecule is O=C(c1nc2ccccc2[nH]1)C1CC1c1ccc(F)cc1. The van der Waals surface area contributed by atoms with Crippen molar-refractivity contribution in [3.05, 3.63) is 65.7 Å². The van der Waals surface area contributed by atoms with Gasteiger partial charge in [-0.2, -0.15) is 0 Å². The molecule has 1 aliphatic carbocycles. The highest BCUT2D eigenvalue weighted by Crippen LogP contribution is 2.48. The molecule has 4 heteroatoms. The van der Waals surface area contributed by atoms with Gasteiger partial charge < -0.3 is 4.98 Å². The summed E-state index contributed by atoms with van der Waals surface area (Å²) in [6.45, 7) is 0. The Kier molecular flexibility index (Phi) is 2.64. The predicted molar refractivity (Wildman–Crippen MR) is 77.7 cm³/mol. The molecule has 2 unspecified atom stereocenters. The number of halogens is 1. The number of benzene rings is 2. The molecule has 0 spiro atoms. The van der Waals surface area contributed by atoms with E-state index in [9.17, 15) is 9.18 Å². The number of Topliss-reactive ketones (excluding diaryl/α,β-unsaturated/α-hetero) is 1. The fourth-order valence-electron chi connectivity index (χ4n) is 2.81. The average molecular weight is 280 g/mol. The minimum absolute atomic E-state index is 0.0422. The molecule has 1 aromatic heterocycles. The van der Waals surface area contributed by atoms with Crippen LogP contribution >= 0.6 is 0 Å². The minimum atomic E-state index is -0.250. The van der Waals surface area contributed by atoms with Crippen LogP contribution in [-0.4, -0.2) is 15.8 Å². The van der Waals surface area contributed by atoms with Crippen molar-refractivity contribution in [2.24, 2.45) is 5.92 Å². The number of fused-ring (bicyclic) bond motifs is 1. The lowest BCUT2D eigenvalue weighted by Gasteiger charge is -1.99. The van der Waals surface area contributed by atoms with Gasteiger partial charge in [-0.3, -0.25) is 4.79 Å². The van der Waals surface area contributed by atoms with Crippen LogP contribution in [0.1, 0.15) is 28.5 Å². The second kappa shape index (κ2) is 4.52. The fraction of sp³-hybridized carbons (Fsp3) is 0.176. The molecule has 4 rings (SSSR count). The van der Waals surface area contributed by atoms with Gasteiger partial charge in [-0.1, -0.05) is 24.3 Å². The zero-order valence-electron chi connectivity index (χ0n) is 11.2. The third-order valence-electron chi connectivity index (χ3n) is 4.05. The van der Waals surface area contributed by atoms with Crippen LogP contribution in [0.25, 0.3) is 11.0 Å².